The van der Waals surface area contributed by atoms with Gasteiger partial charge >= 0.3 is 5.97 Å². The van der Waals surface area contributed by atoms with E-state index in [0.29, 0.717) is 5.56 Å². The van der Waals surface area contributed by atoms with Crippen LogP contribution in [0.2, 0.25) is 0 Å². The lowest BCUT2D eigenvalue weighted by molar-refractivity contribution is -0.146. The van der Waals surface area contributed by atoms with Gasteiger partial charge in [-0.1, -0.05) is 29.8 Å². The molecule has 0 spiro atoms. The van der Waals surface area contributed by atoms with E-state index < -0.39 is 12.1 Å². The van der Waals surface area contributed by atoms with Crippen molar-refractivity contribution in [2.45, 2.75) is 13.0 Å². The van der Waals surface area contributed by atoms with E-state index in [0.717, 1.165) is 5.56 Å². The van der Waals surface area contributed by atoms with E-state index >= 15 is 0 Å². The number of carboxylic acid groups (broad SMARTS) is 1. The zero-order chi connectivity index (χ0) is 9.14. The minimum absolute atomic E-state index is 0.419. The van der Waals surface area contributed by atoms with E-state index in [9.17, 15) is 4.79 Å². The molecule has 0 saturated heterocycles. The maximum Gasteiger partial charge on any atom is 0.337 e. The van der Waals surface area contributed by atoms with Gasteiger partial charge in [0.25, 0.3) is 0 Å². The molecule has 1 aromatic rings. The Kier molecular flexibility index (Phi) is 2.45. The third kappa shape index (κ3) is 1.83. The van der Waals surface area contributed by atoms with Crippen molar-refractivity contribution in [1.82, 2.24) is 0 Å². The predicted molar refractivity (Wildman–Crippen MR) is 43.8 cm³/mol. The third-order valence-electron chi connectivity index (χ3n) is 1.59. The predicted octanol–water partition coefficient (Wildman–Crippen LogP) is 1.11. The van der Waals surface area contributed by atoms with Crippen LogP contribution in [0.4, 0.5) is 0 Å². The van der Waals surface area contributed by atoms with Crippen molar-refractivity contribution >= 4 is 5.97 Å². The Bertz CT molecular complexity index is 294. The molecule has 0 radical (unpaired) electrons. The molecule has 0 amide bonds. The van der Waals surface area contributed by atoms with E-state index in [4.69, 9.17) is 10.2 Å². The minimum Gasteiger partial charge on any atom is -0.479 e. The number of aliphatic hydroxyl groups excluding tert-OH is 1. The first-order chi connectivity index (χ1) is 5.61. The second kappa shape index (κ2) is 3.36. The highest BCUT2D eigenvalue weighted by Gasteiger charge is 2.14. The molecule has 3 heteroatoms. The van der Waals surface area contributed by atoms with Crippen LogP contribution in [-0.4, -0.2) is 16.2 Å². The second-order valence-electron chi connectivity index (χ2n) is 2.65. The maximum absolute atomic E-state index is 10.4. The lowest BCUT2D eigenvalue weighted by Crippen LogP contribution is -2.10. The van der Waals surface area contributed by atoms with Crippen LogP contribution in [0.1, 0.15) is 17.2 Å². The SMILES string of the molecule is Cc1cccc([C@H](O)C(=O)O)c1. The normalized spacial score (nSPS) is 12.5. The number of aryl methyl sites for hydroxylation is 1. The Morgan fingerprint density at radius 1 is 1.50 bits per heavy atom. The number of benzene rings is 1. The van der Waals surface area contributed by atoms with Gasteiger partial charge in [0.2, 0.25) is 0 Å². The monoisotopic (exact) mass is 166 g/mol. The molecule has 1 atom stereocenters. The van der Waals surface area contributed by atoms with Crippen LogP contribution >= 0.6 is 0 Å². The molecule has 64 valence electrons. The van der Waals surface area contributed by atoms with Crippen LogP contribution in [0.15, 0.2) is 24.3 Å². The van der Waals surface area contributed by atoms with Gasteiger partial charge in [-0.15, -0.1) is 0 Å². The maximum atomic E-state index is 10.4. The second-order valence-corrected chi connectivity index (χ2v) is 2.65. The van der Waals surface area contributed by atoms with E-state index in [1.165, 1.54) is 0 Å². The number of aliphatic hydroxyl groups is 1. The zero-order valence-electron chi connectivity index (χ0n) is 6.69. The molecule has 2 N–H and O–H groups in total. The molecule has 0 aliphatic heterocycles. The fourth-order valence-electron chi connectivity index (χ4n) is 0.983. The van der Waals surface area contributed by atoms with Crippen LogP contribution < -0.4 is 0 Å². The van der Waals surface area contributed by atoms with Gasteiger partial charge in [-0.2, -0.15) is 0 Å². The summed E-state index contributed by atoms with van der Waals surface area (Å²) in [6.45, 7) is 1.85. The lowest BCUT2D eigenvalue weighted by Gasteiger charge is -2.05. The fourth-order valence-corrected chi connectivity index (χ4v) is 0.983. The summed E-state index contributed by atoms with van der Waals surface area (Å²) in [5, 5.41) is 17.6. The molecule has 0 aliphatic carbocycles. The summed E-state index contributed by atoms with van der Waals surface area (Å²) in [4.78, 5) is 10.4. The van der Waals surface area contributed by atoms with Crippen molar-refractivity contribution in [2.24, 2.45) is 0 Å². The van der Waals surface area contributed by atoms with E-state index in [1.54, 1.807) is 18.2 Å². The van der Waals surface area contributed by atoms with Gasteiger partial charge < -0.3 is 10.2 Å². The molecular weight excluding hydrogens is 156 g/mol. The Morgan fingerprint density at radius 2 is 2.17 bits per heavy atom. The number of carboxylic acids is 1. The zero-order valence-corrected chi connectivity index (χ0v) is 6.69. The van der Waals surface area contributed by atoms with Crippen LogP contribution in [-0.2, 0) is 4.79 Å². The standard InChI is InChI=1S/C9H10O3/c1-6-3-2-4-7(5-6)8(10)9(11)12/h2-5,8,10H,1H3,(H,11,12)/t8-/m0/s1. The summed E-state index contributed by atoms with van der Waals surface area (Å²) >= 11 is 0. The number of rotatable bonds is 2. The van der Waals surface area contributed by atoms with E-state index in [2.05, 4.69) is 0 Å². The van der Waals surface area contributed by atoms with Crippen LogP contribution in [0.3, 0.4) is 0 Å². The average Bonchev–Trinajstić information content (AvgIpc) is 2.03. The highest BCUT2D eigenvalue weighted by molar-refractivity contribution is 5.74. The summed E-state index contributed by atoms with van der Waals surface area (Å²) in [5.74, 6) is -1.22. The fraction of sp³-hybridized carbons (Fsp3) is 0.222. The highest BCUT2D eigenvalue weighted by Crippen LogP contribution is 2.13. The topological polar surface area (TPSA) is 57.5 Å². The van der Waals surface area contributed by atoms with Crippen LogP contribution in [0.25, 0.3) is 0 Å². The van der Waals surface area contributed by atoms with Crippen molar-refractivity contribution in [3.05, 3.63) is 35.4 Å². The van der Waals surface area contributed by atoms with E-state index in [1.807, 2.05) is 13.0 Å². The average molecular weight is 166 g/mol. The number of carbonyl (C=O) groups is 1. The first-order valence-corrected chi connectivity index (χ1v) is 3.58. The summed E-state index contributed by atoms with van der Waals surface area (Å²) in [6, 6.07) is 6.81. The van der Waals surface area contributed by atoms with Gasteiger partial charge in [0.15, 0.2) is 6.10 Å². The van der Waals surface area contributed by atoms with Gasteiger partial charge in [-0.3, -0.25) is 0 Å². The van der Waals surface area contributed by atoms with Crippen molar-refractivity contribution in [3.63, 3.8) is 0 Å². The van der Waals surface area contributed by atoms with Crippen LogP contribution in [0, 0.1) is 6.92 Å². The van der Waals surface area contributed by atoms with Gasteiger partial charge in [-0.05, 0) is 12.5 Å². The van der Waals surface area contributed by atoms with Crippen molar-refractivity contribution in [2.75, 3.05) is 0 Å². The molecular formula is C9H10O3. The first-order valence-electron chi connectivity index (χ1n) is 3.58. The molecule has 0 unspecified atom stereocenters. The number of hydrogen-bond acceptors (Lipinski definition) is 2. The van der Waals surface area contributed by atoms with Crippen LogP contribution in [0.5, 0.6) is 0 Å². The number of hydrogen-bond donors (Lipinski definition) is 2. The molecule has 1 rings (SSSR count). The van der Waals surface area contributed by atoms with E-state index in [-0.39, 0.29) is 0 Å². The molecule has 0 aromatic heterocycles. The van der Waals surface area contributed by atoms with Crippen molar-refractivity contribution < 1.29 is 15.0 Å². The minimum atomic E-state index is -1.41. The molecule has 0 saturated carbocycles. The summed E-state index contributed by atoms with van der Waals surface area (Å²) in [7, 11) is 0. The highest BCUT2D eigenvalue weighted by atomic mass is 16.4. The molecule has 0 aliphatic rings. The summed E-state index contributed by atoms with van der Waals surface area (Å²) in [6.07, 6.45) is -1.41. The van der Waals surface area contributed by atoms with Gasteiger partial charge in [-0.25, -0.2) is 4.79 Å². The van der Waals surface area contributed by atoms with Crippen molar-refractivity contribution in [3.8, 4) is 0 Å². The summed E-state index contributed by atoms with van der Waals surface area (Å²) < 4.78 is 0. The molecule has 3 nitrogen and oxygen atoms in total. The van der Waals surface area contributed by atoms with Gasteiger partial charge in [0, 0.05) is 0 Å². The third-order valence-corrected chi connectivity index (χ3v) is 1.59. The quantitative estimate of drug-likeness (QED) is 0.692. The Morgan fingerprint density at radius 3 is 2.67 bits per heavy atom. The molecule has 0 fully saturated rings. The smallest absolute Gasteiger partial charge is 0.337 e. The van der Waals surface area contributed by atoms with Gasteiger partial charge in [0.05, 0.1) is 0 Å². The first kappa shape index (κ1) is 8.74. The Hall–Kier alpha value is -1.35. The Balaban J connectivity index is 2.95. The van der Waals surface area contributed by atoms with Crippen molar-refractivity contribution in [1.29, 1.82) is 0 Å². The Labute approximate surface area is 70.3 Å². The molecule has 12 heavy (non-hydrogen) atoms. The lowest BCUT2D eigenvalue weighted by atomic mass is 10.1. The number of aliphatic carboxylic acids is 1. The molecule has 0 heterocycles. The summed E-state index contributed by atoms with van der Waals surface area (Å²) in [5.41, 5.74) is 1.36. The largest absolute Gasteiger partial charge is 0.479 e. The molecule has 1 aromatic carbocycles. The van der Waals surface area contributed by atoms with Gasteiger partial charge in [0.1, 0.15) is 0 Å². The molecule has 0 bridgehead atoms.